The van der Waals surface area contributed by atoms with E-state index < -0.39 is 29.8 Å². The molecule has 0 bridgehead atoms. The second-order valence-corrected chi connectivity index (χ2v) is 8.18. The first-order valence-corrected chi connectivity index (χ1v) is 10.0. The maximum absolute atomic E-state index is 13.8. The lowest BCUT2D eigenvalue weighted by Crippen LogP contribution is -3.00. The number of ether oxygens (including phenoxy) is 1. The molecule has 0 amide bonds. The number of nitrogens with zero attached hydrogens (tertiary/aromatic N) is 2. The van der Waals surface area contributed by atoms with Gasteiger partial charge in [-0.15, -0.1) is 0 Å². The molecule has 1 aromatic heterocycles. The number of hydrogen-bond donors (Lipinski definition) is 1. The van der Waals surface area contributed by atoms with Gasteiger partial charge in [0.2, 0.25) is 5.92 Å². The summed E-state index contributed by atoms with van der Waals surface area (Å²) in [7, 11) is 1.95. The molecule has 5 nitrogen and oxygen atoms in total. The first-order valence-electron chi connectivity index (χ1n) is 10.0. The van der Waals surface area contributed by atoms with Gasteiger partial charge in [-0.25, -0.2) is 22.7 Å². The van der Waals surface area contributed by atoms with E-state index in [1.165, 1.54) is 0 Å². The Kier molecular flexibility index (Phi) is 8.01. The van der Waals surface area contributed by atoms with Crippen LogP contribution in [0.1, 0.15) is 50.4 Å². The average molecular weight is 534 g/mol. The third-order valence-electron chi connectivity index (χ3n) is 5.73. The molecule has 1 aliphatic rings. The first-order chi connectivity index (χ1) is 13.6. The number of carbonyl (C=O) groups is 1. The topological polar surface area (TPSA) is 55.3 Å². The van der Waals surface area contributed by atoms with Crippen molar-refractivity contribution < 1.29 is 52.0 Å². The van der Waals surface area contributed by atoms with Gasteiger partial charge in [0.15, 0.2) is 5.60 Å². The predicted molar refractivity (Wildman–Crippen MR) is 103 cm³/mol. The van der Waals surface area contributed by atoms with Crippen LogP contribution in [0.5, 0.6) is 0 Å². The van der Waals surface area contributed by atoms with Crippen LogP contribution in [0.3, 0.4) is 0 Å². The van der Waals surface area contributed by atoms with E-state index >= 15 is 0 Å². The molecule has 1 saturated carbocycles. The Balaban J connectivity index is 0.00000320. The third kappa shape index (κ3) is 5.01. The Morgan fingerprint density at radius 1 is 1.37 bits per heavy atom. The fourth-order valence-electron chi connectivity index (χ4n) is 4.33. The van der Waals surface area contributed by atoms with E-state index in [0.29, 0.717) is 12.1 Å². The van der Waals surface area contributed by atoms with Crippen molar-refractivity contribution >= 4 is 5.97 Å². The number of imidazole rings is 1. The Bertz CT molecular complexity index is 857. The summed E-state index contributed by atoms with van der Waals surface area (Å²) in [6.45, 7) is 4.62. The number of halogens is 3. The summed E-state index contributed by atoms with van der Waals surface area (Å²) >= 11 is 0. The SMILES string of the molecule is CC(C)c1n(CCOC(=O)[C@](O)(c2ccccc2)[C@@H]2CCC(F)(F)C2)cc[n+]1C.[I-]. The molecule has 0 aliphatic heterocycles. The molecule has 1 aromatic carbocycles. The van der Waals surface area contributed by atoms with Gasteiger partial charge in [0.25, 0.3) is 5.82 Å². The lowest BCUT2D eigenvalue weighted by atomic mass is 9.80. The minimum Gasteiger partial charge on any atom is -1.00 e. The largest absolute Gasteiger partial charge is 1.00 e. The molecule has 30 heavy (non-hydrogen) atoms. The molecule has 8 heteroatoms. The Morgan fingerprint density at radius 3 is 2.60 bits per heavy atom. The second-order valence-electron chi connectivity index (χ2n) is 8.18. The molecule has 2 atom stereocenters. The number of benzene rings is 1. The molecular formula is C22H29F2IN2O3. The first kappa shape index (κ1) is 24.7. The quantitative estimate of drug-likeness (QED) is 0.316. The molecular weight excluding hydrogens is 505 g/mol. The normalized spacial score (nSPS) is 19.9. The maximum atomic E-state index is 13.8. The molecule has 1 N–H and O–H groups in total. The molecule has 166 valence electrons. The summed E-state index contributed by atoms with van der Waals surface area (Å²) in [4.78, 5) is 12.9. The van der Waals surface area contributed by atoms with Gasteiger partial charge in [-0.1, -0.05) is 44.2 Å². The van der Waals surface area contributed by atoms with Crippen molar-refractivity contribution in [1.82, 2.24) is 4.57 Å². The second kappa shape index (κ2) is 9.72. The van der Waals surface area contributed by atoms with Crippen molar-refractivity contribution in [2.75, 3.05) is 6.61 Å². The Labute approximate surface area is 193 Å². The zero-order valence-electron chi connectivity index (χ0n) is 17.5. The van der Waals surface area contributed by atoms with Crippen LogP contribution in [0.4, 0.5) is 8.78 Å². The fraction of sp³-hybridized carbons (Fsp3) is 0.545. The zero-order chi connectivity index (χ0) is 21.2. The standard InChI is InChI=1S/C22H29F2N2O3.HI/c1-16(2)19-25(3)11-12-26(19)13-14-29-20(27)22(28,17-7-5-4-6-8-17)18-9-10-21(23,24)15-18;/h4-8,11-12,16,18,28H,9-10,13-15H2,1-3H3;1H/q+1;/p-1/t18-,22+;/m1./s1. The van der Waals surface area contributed by atoms with Crippen molar-refractivity contribution in [3.63, 3.8) is 0 Å². The van der Waals surface area contributed by atoms with Crippen LogP contribution in [0.2, 0.25) is 0 Å². The number of aryl methyl sites for hydroxylation is 1. The predicted octanol–water partition coefficient (Wildman–Crippen LogP) is 0.306. The van der Waals surface area contributed by atoms with Crippen LogP contribution in [0.15, 0.2) is 42.7 Å². The molecule has 0 saturated heterocycles. The number of aliphatic hydroxyl groups is 1. The number of aromatic nitrogens is 2. The van der Waals surface area contributed by atoms with Gasteiger partial charge in [0.1, 0.15) is 25.5 Å². The number of rotatable bonds is 7. The van der Waals surface area contributed by atoms with E-state index in [9.17, 15) is 18.7 Å². The van der Waals surface area contributed by atoms with Gasteiger partial charge in [-0.05, 0) is 12.0 Å². The molecule has 0 unspecified atom stereocenters. The van der Waals surface area contributed by atoms with E-state index in [0.717, 1.165) is 5.82 Å². The summed E-state index contributed by atoms with van der Waals surface area (Å²) in [5, 5.41) is 11.3. The van der Waals surface area contributed by atoms with Gasteiger partial charge in [-0.3, -0.25) is 0 Å². The van der Waals surface area contributed by atoms with Gasteiger partial charge in [0, 0.05) is 18.8 Å². The summed E-state index contributed by atoms with van der Waals surface area (Å²) in [5.41, 5.74) is -1.79. The van der Waals surface area contributed by atoms with Crippen molar-refractivity contribution in [2.45, 2.75) is 57.1 Å². The smallest absolute Gasteiger partial charge is 0.343 e. The van der Waals surface area contributed by atoms with Crippen LogP contribution in [-0.4, -0.2) is 28.2 Å². The van der Waals surface area contributed by atoms with Crippen LogP contribution in [0, 0.1) is 5.92 Å². The van der Waals surface area contributed by atoms with E-state index in [-0.39, 0.29) is 49.3 Å². The lowest BCUT2D eigenvalue weighted by molar-refractivity contribution is -0.680. The lowest BCUT2D eigenvalue weighted by Gasteiger charge is -2.32. The maximum Gasteiger partial charge on any atom is 0.343 e. The summed E-state index contributed by atoms with van der Waals surface area (Å²) < 4.78 is 37.1. The van der Waals surface area contributed by atoms with Gasteiger partial charge >= 0.3 is 5.97 Å². The van der Waals surface area contributed by atoms with Crippen LogP contribution >= 0.6 is 0 Å². The molecule has 1 fully saturated rings. The van der Waals surface area contributed by atoms with Crippen LogP contribution in [-0.2, 0) is 28.7 Å². The highest BCUT2D eigenvalue weighted by molar-refractivity contribution is 5.81. The van der Waals surface area contributed by atoms with E-state index in [2.05, 4.69) is 13.8 Å². The minimum absolute atomic E-state index is 0. The van der Waals surface area contributed by atoms with Crippen LogP contribution in [0.25, 0.3) is 0 Å². The minimum atomic E-state index is -2.88. The molecule has 1 heterocycles. The number of esters is 1. The average Bonchev–Trinajstić information content (AvgIpc) is 3.23. The Morgan fingerprint density at radius 2 is 2.03 bits per heavy atom. The van der Waals surface area contributed by atoms with Gasteiger partial charge < -0.3 is 33.8 Å². The molecule has 0 radical (unpaired) electrons. The zero-order valence-corrected chi connectivity index (χ0v) is 19.7. The Hall–Kier alpha value is -1.55. The fourth-order valence-corrected chi connectivity index (χ4v) is 4.33. The molecule has 0 spiro atoms. The molecule has 3 rings (SSSR count). The van der Waals surface area contributed by atoms with E-state index in [1.807, 2.05) is 28.6 Å². The third-order valence-corrected chi connectivity index (χ3v) is 5.73. The number of alkyl halides is 2. The molecule has 2 aromatic rings. The highest BCUT2D eigenvalue weighted by atomic mass is 127. The van der Waals surface area contributed by atoms with E-state index in [4.69, 9.17) is 4.74 Å². The molecule has 1 aliphatic carbocycles. The summed E-state index contributed by atoms with van der Waals surface area (Å²) in [6, 6.07) is 8.27. The number of hydrogen-bond acceptors (Lipinski definition) is 3. The highest BCUT2D eigenvalue weighted by Crippen LogP contribution is 2.47. The number of carbonyl (C=O) groups excluding carboxylic acids is 1. The summed E-state index contributed by atoms with van der Waals surface area (Å²) in [6.07, 6.45) is 3.04. The van der Waals surface area contributed by atoms with E-state index in [1.54, 1.807) is 30.3 Å². The highest BCUT2D eigenvalue weighted by Gasteiger charge is 2.54. The van der Waals surface area contributed by atoms with Crippen molar-refractivity contribution in [2.24, 2.45) is 13.0 Å². The van der Waals surface area contributed by atoms with Gasteiger partial charge in [0.05, 0.1) is 13.0 Å². The summed E-state index contributed by atoms with van der Waals surface area (Å²) in [5.74, 6) is -3.26. The van der Waals surface area contributed by atoms with Crippen molar-refractivity contribution in [3.8, 4) is 0 Å². The van der Waals surface area contributed by atoms with Crippen LogP contribution < -0.4 is 28.5 Å². The monoisotopic (exact) mass is 534 g/mol. The van der Waals surface area contributed by atoms with Crippen molar-refractivity contribution in [3.05, 3.63) is 54.1 Å². The van der Waals surface area contributed by atoms with Crippen molar-refractivity contribution in [1.29, 1.82) is 0 Å². The van der Waals surface area contributed by atoms with Gasteiger partial charge in [-0.2, -0.15) is 0 Å².